The predicted octanol–water partition coefficient (Wildman–Crippen LogP) is 14.1. The van der Waals surface area contributed by atoms with Crippen LogP contribution in [-0.2, 0) is 28.6 Å². The molecule has 0 radical (unpaired) electrons. The van der Waals surface area contributed by atoms with Crippen LogP contribution in [0, 0.1) is 0 Å². The molecular formula is C49H80O6. The molecule has 0 aromatic heterocycles. The van der Waals surface area contributed by atoms with E-state index in [0.29, 0.717) is 19.3 Å². The molecule has 1 unspecified atom stereocenters. The zero-order valence-electron chi connectivity index (χ0n) is 35.4. The van der Waals surface area contributed by atoms with E-state index in [-0.39, 0.29) is 31.1 Å². The van der Waals surface area contributed by atoms with Crippen molar-refractivity contribution in [2.24, 2.45) is 0 Å². The highest BCUT2D eigenvalue weighted by atomic mass is 16.6. The Morgan fingerprint density at radius 3 is 1.11 bits per heavy atom. The maximum atomic E-state index is 12.5. The number of carbonyl (C=O) groups excluding carboxylic acids is 3. The smallest absolute Gasteiger partial charge is 0.306 e. The molecular weight excluding hydrogens is 685 g/mol. The monoisotopic (exact) mass is 765 g/mol. The first-order chi connectivity index (χ1) is 27.0. The highest BCUT2D eigenvalue weighted by Gasteiger charge is 2.19. The van der Waals surface area contributed by atoms with Crippen LogP contribution >= 0.6 is 0 Å². The summed E-state index contributed by atoms with van der Waals surface area (Å²) in [4.78, 5) is 37.2. The fourth-order valence-electron chi connectivity index (χ4n) is 5.60. The van der Waals surface area contributed by atoms with Gasteiger partial charge in [0.05, 0.1) is 0 Å². The first-order valence-corrected chi connectivity index (χ1v) is 22.1. The minimum atomic E-state index is -0.781. The van der Waals surface area contributed by atoms with E-state index in [1.807, 2.05) is 0 Å². The molecule has 0 bridgehead atoms. The first kappa shape index (κ1) is 51.6. The van der Waals surface area contributed by atoms with Crippen molar-refractivity contribution in [3.63, 3.8) is 0 Å². The van der Waals surface area contributed by atoms with Crippen LogP contribution in [0.2, 0.25) is 0 Å². The largest absolute Gasteiger partial charge is 0.462 e. The van der Waals surface area contributed by atoms with E-state index >= 15 is 0 Å². The van der Waals surface area contributed by atoms with Crippen molar-refractivity contribution >= 4 is 17.9 Å². The van der Waals surface area contributed by atoms with Gasteiger partial charge in [-0.1, -0.05) is 176 Å². The number of hydrogen-bond donors (Lipinski definition) is 0. The first-order valence-electron chi connectivity index (χ1n) is 22.1. The summed E-state index contributed by atoms with van der Waals surface area (Å²) in [5.74, 6) is -0.954. The van der Waals surface area contributed by atoms with Gasteiger partial charge in [0.1, 0.15) is 13.2 Å². The third-order valence-electron chi connectivity index (χ3n) is 8.91. The zero-order valence-corrected chi connectivity index (χ0v) is 35.4. The number of rotatable bonds is 38. The molecule has 312 valence electrons. The van der Waals surface area contributed by atoms with E-state index in [1.54, 1.807) is 0 Å². The van der Waals surface area contributed by atoms with Crippen molar-refractivity contribution in [1.82, 2.24) is 0 Å². The minimum absolute atomic E-state index is 0.0886. The van der Waals surface area contributed by atoms with Crippen LogP contribution in [-0.4, -0.2) is 37.2 Å². The summed E-state index contributed by atoms with van der Waals surface area (Å²) >= 11 is 0. The van der Waals surface area contributed by atoms with Crippen molar-refractivity contribution in [2.45, 2.75) is 194 Å². The Morgan fingerprint density at radius 2 is 0.709 bits per heavy atom. The van der Waals surface area contributed by atoms with Gasteiger partial charge in [-0.2, -0.15) is 0 Å². The molecule has 0 aliphatic carbocycles. The maximum absolute atomic E-state index is 12.5. The molecule has 55 heavy (non-hydrogen) atoms. The highest BCUT2D eigenvalue weighted by molar-refractivity contribution is 5.71. The number of esters is 3. The lowest BCUT2D eigenvalue weighted by molar-refractivity contribution is -0.167. The molecule has 0 saturated heterocycles. The topological polar surface area (TPSA) is 78.9 Å². The molecule has 0 N–H and O–H groups in total. The number of ether oxygens (including phenoxy) is 3. The SMILES string of the molecule is CC/C=C\C/C=C\C/C=C\C/C=C\C/C=C\C/C=C\C/C=C\CCCCCC(=O)OCC(COC(=O)CCCCCCC)OC(=O)CCCCCCCCC. The molecule has 0 aromatic carbocycles. The van der Waals surface area contributed by atoms with Crippen LogP contribution in [0.3, 0.4) is 0 Å². The fourth-order valence-corrected chi connectivity index (χ4v) is 5.60. The Hall–Kier alpha value is -3.41. The zero-order chi connectivity index (χ0) is 40.1. The number of unbranched alkanes of at least 4 members (excludes halogenated alkanes) is 13. The predicted molar refractivity (Wildman–Crippen MR) is 233 cm³/mol. The molecule has 1 atom stereocenters. The lowest BCUT2D eigenvalue weighted by atomic mass is 10.1. The van der Waals surface area contributed by atoms with Gasteiger partial charge in [-0.3, -0.25) is 14.4 Å². The third kappa shape index (κ3) is 41.6. The average molecular weight is 765 g/mol. The number of carbonyl (C=O) groups is 3. The summed E-state index contributed by atoms with van der Waals surface area (Å²) in [5.41, 5.74) is 0. The Kier molecular flexibility index (Phi) is 40.6. The summed E-state index contributed by atoms with van der Waals surface area (Å²) in [7, 11) is 0. The molecule has 6 nitrogen and oxygen atoms in total. The minimum Gasteiger partial charge on any atom is -0.462 e. The van der Waals surface area contributed by atoms with Gasteiger partial charge in [-0.25, -0.2) is 0 Å². The summed E-state index contributed by atoms with van der Waals surface area (Å²) in [6, 6.07) is 0. The number of allylic oxidation sites excluding steroid dienone is 14. The van der Waals surface area contributed by atoms with Gasteiger partial charge in [0, 0.05) is 19.3 Å². The Morgan fingerprint density at radius 1 is 0.382 bits per heavy atom. The van der Waals surface area contributed by atoms with Gasteiger partial charge in [-0.05, 0) is 77.0 Å². The van der Waals surface area contributed by atoms with E-state index in [0.717, 1.165) is 116 Å². The van der Waals surface area contributed by atoms with Gasteiger partial charge in [-0.15, -0.1) is 0 Å². The van der Waals surface area contributed by atoms with Crippen molar-refractivity contribution in [2.75, 3.05) is 13.2 Å². The molecule has 0 spiro atoms. The van der Waals surface area contributed by atoms with Crippen molar-refractivity contribution in [3.8, 4) is 0 Å². The fraction of sp³-hybridized carbons (Fsp3) is 0.653. The van der Waals surface area contributed by atoms with E-state index in [4.69, 9.17) is 14.2 Å². The van der Waals surface area contributed by atoms with Gasteiger partial charge in [0.2, 0.25) is 0 Å². The van der Waals surface area contributed by atoms with E-state index in [9.17, 15) is 14.4 Å². The van der Waals surface area contributed by atoms with Crippen LogP contribution in [0.25, 0.3) is 0 Å². The van der Waals surface area contributed by atoms with Crippen LogP contribution < -0.4 is 0 Å². The standard InChI is InChI=1S/C49H80O6/c1-4-7-10-13-15-16-17-18-19-20-21-22-23-24-25-26-27-28-29-30-31-32-34-36-39-42-48(51)54-45-46(44-53-47(50)41-38-35-12-9-6-3)55-49(52)43-40-37-33-14-11-8-5-2/h7,10,15-16,18-19,21-22,24-25,27-28,30-31,46H,4-6,8-9,11-14,17,20,23,26,29,32-45H2,1-3H3/b10-7-,16-15-,19-18-,22-21-,25-24-,28-27-,31-30-. The van der Waals surface area contributed by atoms with Crippen molar-refractivity contribution in [3.05, 3.63) is 85.1 Å². The second-order valence-electron chi connectivity index (χ2n) is 14.2. The second kappa shape index (κ2) is 43.3. The summed E-state index contributed by atoms with van der Waals surface area (Å²) in [6.07, 6.45) is 54.8. The molecule has 0 aliphatic heterocycles. The average Bonchev–Trinajstić information content (AvgIpc) is 3.18. The lowest BCUT2D eigenvalue weighted by Crippen LogP contribution is -2.30. The Labute approximate surface area is 337 Å². The second-order valence-corrected chi connectivity index (χ2v) is 14.2. The number of hydrogen-bond acceptors (Lipinski definition) is 6. The highest BCUT2D eigenvalue weighted by Crippen LogP contribution is 2.12. The molecule has 0 aromatic rings. The van der Waals surface area contributed by atoms with Crippen LogP contribution in [0.1, 0.15) is 188 Å². The van der Waals surface area contributed by atoms with Gasteiger partial charge in [0.25, 0.3) is 0 Å². The summed E-state index contributed by atoms with van der Waals surface area (Å²) in [6.45, 7) is 6.33. The Balaban J connectivity index is 4.17. The van der Waals surface area contributed by atoms with Gasteiger partial charge in [0.15, 0.2) is 6.10 Å². The van der Waals surface area contributed by atoms with Gasteiger partial charge < -0.3 is 14.2 Å². The molecule has 0 amide bonds. The molecule has 6 heteroatoms. The quantitative estimate of drug-likeness (QED) is 0.0270. The molecule has 0 saturated carbocycles. The summed E-state index contributed by atoms with van der Waals surface area (Å²) in [5, 5.41) is 0. The van der Waals surface area contributed by atoms with Crippen molar-refractivity contribution in [1.29, 1.82) is 0 Å². The van der Waals surface area contributed by atoms with E-state index < -0.39 is 6.10 Å². The molecule has 0 fully saturated rings. The van der Waals surface area contributed by atoms with Crippen LogP contribution in [0.5, 0.6) is 0 Å². The van der Waals surface area contributed by atoms with Gasteiger partial charge >= 0.3 is 17.9 Å². The third-order valence-corrected chi connectivity index (χ3v) is 8.91. The van der Waals surface area contributed by atoms with Crippen molar-refractivity contribution < 1.29 is 28.6 Å². The summed E-state index contributed by atoms with van der Waals surface area (Å²) < 4.78 is 16.5. The maximum Gasteiger partial charge on any atom is 0.306 e. The lowest BCUT2D eigenvalue weighted by Gasteiger charge is -2.18. The normalized spacial score (nSPS) is 12.9. The molecule has 0 aliphatic rings. The van der Waals surface area contributed by atoms with Crippen LogP contribution in [0.4, 0.5) is 0 Å². The van der Waals surface area contributed by atoms with E-state index in [1.165, 1.54) is 32.1 Å². The van der Waals surface area contributed by atoms with Crippen LogP contribution in [0.15, 0.2) is 85.1 Å². The molecule has 0 heterocycles. The van der Waals surface area contributed by atoms with E-state index in [2.05, 4.69) is 106 Å². The molecule has 0 rings (SSSR count). The Bertz CT molecular complexity index is 1110.